The average Bonchev–Trinajstić information content (AvgIpc) is 3.32. The fourth-order valence-corrected chi connectivity index (χ4v) is 2.30. The van der Waals surface area contributed by atoms with E-state index in [0.29, 0.717) is 11.6 Å². The standard InChI is InChI=1S/C16H14N6O4/c17-15(24)14(23)11(5-10-6-19-9-26-10)21-16(25)12-7-18-8-22(12)13-3-1-2-4-20-13/h1-4,6-9,11H,5H2,(H2,17,24)(H,21,25). The maximum absolute atomic E-state index is 12.6. The molecule has 0 aliphatic carbocycles. The Balaban J connectivity index is 1.83. The van der Waals surface area contributed by atoms with Gasteiger partial charge in [0.25, 0.3) is 11.8 Å². The van der Waals surface area contributed by atoms with Crippen LogP contribution in [0.1, 0.15) is 16.2 Å². The molecule has 0 spiro atoms. The highest BCUT2D eigenvalue weighted by Crippen LogP contribution is 2.10. The second-order valence-corrected chi connectivity index (χ2v) is 5.26. The first-order valence-electron chi connectivity index (χ1n) is 7.52. The highest BCUT2D eigenvalue weighted by atomic mass is 16.3. The van der Waals surface area contributed by atoms with Crippen LogP contribution in [-0.4, -0.2) is 43.2 Å². The summed E-state index contributed by atoms with van der Waals surface area (Å²) in [5, 5.41) is 2.48. The Kier molecular flexibility index (Phi) is 4.83. The van der Waals surface area contributed by atoms with Crippen molar-refractivity contribution in [2.75, 3.05) is 0 Å². The van der Waals surface area contributed by atoms with Crippen molar-refractivity contribution in [2.45, 2.75) is 12.5 Å². The smallest absolute Gasteiger partial charge is 0.287 e. The first kappa shape index (κ1) is 17.0. The fourth-order valence-electron chi connectivity index (χ4n) is 2.30. The van der Waals surface area contributed by atoms with Gasteiger partial charge in [0, 0.05) is 12.6 Å². The molecule has 0 saturated heterocycles. The average molecular weight is 354 g/mol. The normalized spacial score (nSPS) is 11.7. The number of hydrogen-bond donors (Lipinski definition) is 2. The van der Waals surface area contributed by atoms with E-state index < -0.39 is 23.6 Å². The van der Waals surface area contributed by atoms with E-state index in [4.69, 9.17) is 10.2 Å². The molecule has 0 radical (unpaired) electrons. The number of ketones is 1. The van der Waals surface area contributed by atoms with E-state index in [1.54, 1.807) is 24.4 Å². The Bertz CT molecular complexity index is 919. The number of pyridine rings is 1. The lowest BCUT2D eigenvalue weighted by atomic mass is 10.1. The van der Waals surface area contributed by atoms with E-state index in [0.717, 1.165) is 0 Å². The van der Waals surface area contributed by atoms with Gasteiger partial charge in [-0.25, -0.2) is 15.0 Å². The number of amides is 2. The summed E-state index contributed by atoms with van der Waals surface area (Å²) >= 11 is 0. The van der Waals surface area contributed by atoms with Gasteiger partial charge in [0.05, 0.1) is 12.4 Å². The van der Waals surface area contributed by atoms with Crippen molar-refractivity contribution in [3.63, 3.8) is 0 Å². The number of aromatic nitrogens is 4. The summed E-state index contributed by atoms with van der Waals surface area (Å²) in [5.74, 6) is -1.93. The topological polar surface area (TPSA) is 146 Å². The van der Waals surface area contributed by atoms with Crippen LogP contribution in [0.15, 0.2) is 53.9 Å². The first-order chi connectivity index (χ1) is 12.6. The third-order valence-electron chi connectivity index (χ3n) is 3.52. The van der Waals surface area contributed by atoms with Crippen molar-refractivity contribution >= 4 is 17.6 Å². The highest BCUT2D eigenvalue weighted by Gasteiger charge is 2.28. The summed E-state index contributed by atoms with van der Waals surface area (Å²) in [4.78, 5) is 47.8. The van der Waals surface area contributed by atoms with Crippen LogP contribution in [0.5, 0.6) is 0 Å². The number of carbonyl (C=O) groups is 3. The Labute approximate surface area is 147 Å². The molecule has 0 fully saturated rings. The monoisotopic (exact) mass is 354 g/mol. The van der Waals surface area contributed by atoms with Gasteiger partial charge in [0.15, 0.2) is 6.39 Å². The molecule has 3 heterocycles. The lowest BCUT2D eigenvalue weighted by molar-refractivity contribution is -0.137. The van der Waals surface area contributed by atoms with Crippen LogP contribution in [0.2, 0.25) is 0 Å². The molecule has 3 N–H and O–H groups in total. The van der Waals surface area contributed by atoms with E-state index >= 15 is 0 Å². The van der Waals surface area contributed by atoms with Gasteiger partial charge < -0.3 is 15.5 Å². The predicted octanol–water partition coefficient (Wildman–Crippen LogP) is -0.349. The number of nitrogens with two attached hydrogens (primary N) is 1. The van der Waals surface area contributed by atoms with Crippen molar-refractivity contribution < 1.29 is 18.8 Å². The third kappa shape index (κ3) is 3.64. The lowest BCUT2D eigenvalue weighted by Gasteiger charge is -2.15. The second kappa shape index (κ2) is 7.38. The van der Waals surface area contributed by atoms with E-state index in [1.165, 1.54) is 29.7 Å². The van der Waals surface area contributed by atoms with E-state index in [9.17, 15) is 14.4 Å². The van der Waals surface area contributed by atoms with Crippen LogP contribution in [0.3, 0.4) is 0 Å². The molecule has 26 heavy (non-hydrogen) atoms. The van der Waals surface area contributed by atoms with Gasteiger partial charge in [-0.05, 0) is 12.1 Å². The molecule has 10 nitrogen and oxygen atoms in total. The number of nitrogens with one attached hydrogen (secondary N) is 1. The second-order valence-electron chi connectivity index (χ2n) is 5.26. The molecule has 10 heteroatoms. The fraction of sp³-hybridized carbons (Fsp3) is 0.125. The van der Waals surface area contributed by atoms with Gasteiger partial charge in [0.1, 0.15) is 29.6 Å². The molecule has 0 bridgehead atoms. The predicted molar refractivity (Wildman–Crippen MR) is 87.0 cm³/mol. The number of Topliss-reactive ketones (excluding diaryl/α,β-unsaturated/α-hetero) is 1. The molecule has 3 rings (SSSR count). The summed E-state index contributed by atoms with van der Waals surface area (Å²) in [5.41, 5.74) is 5.21. The summed E-state index contributed by atoms with van der Waals surface area (Å²) in [6.45, 7) is 0. The molecule has 3 aromatic rings. The highest BCUT2D eigenvalue weighted by molar-refractivity contribution is 6.38. The largest absolute Gasteiger partial charge is 0.448 e. The quantitative estimate of drug-likeness (QED) is 0.551. The number of nitrogens with zero attached hydrogens (tertiary/aromatic N) is 4. The summed E-state index contributed by atoms with van der Waals surface area (Å²) < 4.78 is 6.52. The van der Waals surface area contributed by atoms with Crippen molar-refractivity contribution in [1.82, 2.24) is 24.8 Å². The minimum atomic E-state index is -1.19. The zero-order valence-electron chi connectivity index (χ0n) is 13.4. The zero-order chi connectivity index (χ0) is 18.5. The Hall–Kier alpha value is -3.82. The van der Waals surface area contributed by atoms with Gasteiger partial charge in [0.2, 0.25) is 5.78 Å². The first-order valence-corrected chi connectivity index (χ1v) is 7.52. The molecule has 3 aromatic heterocycles. The van der Waals surface area contributed by atoms with Crippen molar-refractivity contribution in [1.29, 1.82) is 0 Å². The Morgan fingerprint density at radius 1 is 1.23 bits per heavy atom. The van der Waals surface area contributed by atoms with Gasteiger partial charge >= 0.3 is 0 Å². The molecular formula is C16H14N6O4. The molecular weight excluding hydrogens is 340 g/mol. The van der Waals surface area contributed by atoms with Crippen LogP contribution in [0.4, 0.5) is 0 Å². The minimum Gasteiger partial charge on any atom is -0.448 e. The molecule has 0 saturated carbocycles. The van der Waals surface area contributed by atoms with E-state index in [-0.39, 0.29) is 12.1 Å². The Morgan fingerprint density at radius 3 is 2.73 bits per heavy atom. The summed E-state index contributed by atoms with van der Waals surface area (Å²) in [7, 11) is 0. The number of rotatable bonds is 7. The van der Waals surface area contributed by atoms with Crippen LogP contribution < -0.4 is 11.1 Å². The molecule has 1 atom stereocenters. The van der Waals surface area contributed by atoms with Crippen LogP contribution in [0, 0.1) is 0 Å². The van der Waals surface area contributed by atoms with Crippen molar-refractivity contribution in [2.24, 2.45) is 5.73 Å². The SMILES string of the molecule is NC(=O)C(=O)C(Cc1cnco1)NC(=O)c1cncn1-c1ccccn1. The molecule has 0 aliphatic heterocycles. The molecule has 0 aromatic carbocycles. The van der Waals surface area contributed by atoms with Crippen LogP contribution in [0.25, 0.3) is 5.82 Å². The third-order valence-corrected chi connectivity index (χ3v) is 3.52. The Morgan fingerprint density at radius 2 is 2.08 bits per heavy atom. The van der Waals surface area contributed by atoms with Crippen molar-refractivity contribution in [3.8, 4) is 5.82 Å². The van der Waals surface area contributed by atoms with E-state index in [1.807, 2.05) is 0 Å². The van der Waals surface area contributed by atoms with Crippen LogP contribution in [-0.2, 0) is 16.0 Å². The molecule has 2 amide bonds. The maximum atomic E-state index is 12.6. The lowest BCUT2D eigenvalue weighted by Crippen LogP contribution is -2.47. The van der Waals surface area contributed by atoms with Crippen LogP contribution >= 0.6 is 0 Å². The summed E-state index contributed by atoms with van der Waals surface area (Å²) in [6, 6.07) is 3.99. The number of oxazole rings is 1. The molecule has 0 aliphatic rings. The zero-order valence-corrected chi connectivity index (χ0v) is 13.4. The minimum absolute atomic E-state index is 0.0642. The summed E-state index contributed by atoms with van der Waals surface area (Å²) in [6.07, 6.45) is 6.80. The van der Waals surface area contributed by atoms with E-state index in [2.05, 4.69) is 20.3 Å². The van der Waals surface area contributed by atoms with Gasteiger partial charge in [-0.15, -0.1) is 0 Å². The number of imidazole rings is 1. The van der Waals surface area contributed by atoms with Gasteiger partial charge in [-0.1, -0.05) is 6.07 Å². The number of hydrogen-bond acceptors (Lipinski definition) is 7. The molecule has 1 unspecified atom stereocenters. The van der Waals surface area contributed by atoms with Gasteiger partial charge in [-0.3, -0.25) is 19.0 Å². The number of primary amides is 1. The van der Waals surface area contributed by atoms with Gasteiger partial charge in [-0.2, -0.15) is 0 Å². The number of carbonyl (C=O) groups excluding carboxylic acids is 3. The maximum Gasteiger partial charge on any atom is 0.287 e. The molecule has 132 valence electrons. The van der Waals surface area contributed by atoms with Crippen molar-refractivity contribution in [3.05, 3.63) is 61.0 Å².